The van der Waals surface area contributed by atoms with Crippen molar-refractivity contribution in [1.29, 1.82) is 0 Å². The molecule has 0 fully saturated rings. The number of aromatic nitrogens is 1. The Labute approximate surface area is 110 Å². The Morgan fingerprint density at radius 2 is 2.06 bits per heavy atom. The van der Waals surface area contributed by atoms with E-state index in [-0.39, 0.29) is 0 Å². The maximum absolute atomic E-state index is 3.66. The second-order valence-electron chi connectivity index (χ2n) is 5.22. The van der Waals surface area contributed by atoms with E-state index in [9.17, 15) is 0 Å². The Hall–Kier alpha value is -1.28. The van der Waals surface area contributed by atoms with Crippen molar-refractivity contribution in [2.75, 3.05) is 13.6 Å². The second-order valence-corrected chi connectivity index (χ2v) is 5.22. The van der Waals surface area contributed by atoms with Crippen LogP contribution in [-0.4, -0.2) is 18.6 Å². The first-order chi connectivity index (χ1) is 8.69. The molecule has 1 heterocycles. The third-order valence-electron chi connectivity index (χ3n) is 3.64. The van der Waals surface area contributed by atoms with Crippen molar-refractivity contribution < 1.29 is 0 Å². The molecule has 0 amide bonds. The summed E-state index contributed by atoms with van der Waals surface area (Å²) in [7, 11) is 2.02. The molecule has 1 aromatic heterocycles. The van der Waals surface area contributed by atoms with Crippen LogP contribution < -0.4 is 5.32 Å². The molecule has 2 aromatic rings. The van der Waals surface area contributed by atoms with Gasteiger partial charge in [0.25, 0.3) is 0 Å². The Morgan fingerprint density at radius 1 is 1.28 bits per heavy atom. The fourth-order valence-corrected chi connectivity index (χ4v) is 2.66. The van der Waals surface area contributed by atoms with Gasteiger partial charge in [-0.1, -0.05) is 39.0 Å². The molecule has 0 saturated heterocycles. The van der Waals surface area contributed by atoms with Crippen LogP contribution >= 0.6 is 0 Å². The summed E-state index contributed by atoms with van der Waals surface area (Å²) in [5, 5.41) is 4.66. The predicted molar refractivity (Wildman–Crippen MR) is 79.4 cm³/mol. The number of hydrogen-bond donors (Lipinski definition) is 2. The van der Waals surface area contributed by atoms with Crippen molar-refractivity contribution in [2.24, 2.45) is 0 Å². The van der Waals surface area contributed by atoms with Crippen LogP contribution in [0.25, 0.3) is 10.9 Å². The summed E-state index contributed by atoms with van der Waals surface area (Å²) in [4.78, 5) is 3.66. The average Bonchev–Trinajstić information content (AvgIpc) is 2.75. The van der Waals surface area contributed by atoms with Gasteiger partial charge in [-0.3, -0.25) is 0 Å². The Balaban J connectivity index is 2.59. The Bertz CT molecular complexity index is 523. The number of rotatable bonds is 5. The van der Waals surface area contributed by atoms with Crippen molar-refractivity contribution in [1.82, 2.24) is 10.3 Å². The zero-order valence-electron chi connectivity index (χ0n) is 11.9. The maximum atomic E-state index is 3.66. The van der Waals surface area contributed by atoms with Crippen LogP contribution in [0.3, 0.4) is 0 Å². The van der Waals surface area contributed by atoms with E-state index >= 15 is 0 Å². The molecule has 2 heteroatoms. The molecule has 0 aliphatic heterocycles. The maximum Gasteiger partial charge on any atom is 0.0491 e. The minimum absolute atomic E-state index is 0.550. The van der Waals surface area contributed by atoms with Crippen molar-refractivity contribution >= 4 is 10.9 Å². The van der Waals surface area contributed by atoms with E-state index in [1.807, 2.05) is 7.05 Å². The number of nitrogens with one attached hydrogen (secondary N) is 2. The Kier molecular flexibility index (Phi) is 4.07. The molecule has 2 nitrogen and oxygen atoms in total. The fraction of sp³-hybridized carbons (Fsp3) is 0.500. The molecule has 1 aromatic carbocycles. The van der Waals surface area contributed by atoms with E-state index in [0.29, 0.717) is 5.92 Å². The van der Waals surface area contributed by atoms with E-state index in [4.69, 9.17) is 0 Å². The SMILES string of the molecule is CCc1cccc2c(CCNC)c(C(C)C)[nH]c12. The summed E-state index contributed by atoms with van der Waals surface area (Å²) in [5.41, 5.74) is 5.66. The number of aromatic amines is 1. The molecule has 2 N–H and O–H groups in total. The number of likely N-dealkylation sites (N-methyl/N-ethyl adjacent to an activating group) is 1. The van der Waals surface area contributed by atoms with Crippen LogP contribution in [0.2, 0.25) is 0 Å². The molecule has 0 bridgehead atoms. The zero-order chi connectivity index (χ0) is 13.1. The van der Waals surface area contributed by atoms with Crippen molar-refractivity contribution in [3.05, 3.63) is 35.0 Å². The van der Waals surface area contributed by atoms with Crippen molar-refractivity contribution in [3.63, 3.8) is 0 Å². The fourth-order valence-electron chi connectivity index (χ4n) is 2.66. The van der Waals surface area contributed by atoms with Crippen LogP contribution in [0.15, 0.2) is 18.2 Å². The van der Waals surface area contributed by atoms with Gasteiger partial charge in [-0.2, -0.15) is 0 Å². The van der Waals surface area contributed by atoms with Crippen molar-refractivity contribution in [2.45, 2.75) is 39.5 Å². The van der Waals surface area contributed by atoms with Crippen LogP contribution in [0, 0.1) is 0 Å². The topological polar surface area (TPSA) is 27.8 Å². The highest BCUT2D eigenvalue weighted by Crippen LogP contribution is 2.30. The van der Waals surface area contributed by atoms with Gasteiger partial charge in [0.1, 0.15) is 0 Å². The summed E-state index contributed by atoms with van der Waals surface area (Å²) < 4.78 is 0. The molecule has 0 saturated carbocycles. The molecule has 2 rings (SSSR count). The highest BCUT2D eigenvalue weighted by molar-refractivity contribution is 5.87. The van der Waals surface area contributed by atoms with Crippen LogP contribution in [-0.2, 0) is 12.8 Å². The zero-order valence-corrected chi connectivity index (χ0v) is 11.9. The molecule has 18 heavy (non-hydrogen) atoms. The molecular weight excluding hydrogens is 220 g/mol. The second kappa shape index (κ2) is 5.57. The van der Waals surface area contributed by atoms with Gasteiger partial charge in [0, 0.05) is 16.6 Å². The lowest BCUT2D eigenvalue weighted by Crippen LogP contribution is -2.11. The quantitative estimate of drug-likeness (QED) is 0.826. The van der Waals surface area contributed by atoms with Gasteiger partial charge in [-0.25, -0.2) is 0 Å². The smallest absolute Gasteiger partial charge is 0.0491 e. The van der Waals surface area contributed by atoms with E-state index in [1.54, 1.807) is 0 Å². The highest BCUT2D eigenvalue weighted by Gasteiger charge is 2.14. The van der Waals surface area contributed by atoms with Crippen LogP contribution in [0.1, 0.15) is 43.5 Å². The van der Waals surface area contributed by atoms with E-state index in [0.717, 1.165) is 19.4 Å². The van der Waals surface area contributed by atoms with Crippen LogP contribution in [0.5, 0.6) is 0 Å². The lowest BCUT2D eigenvalue weighted by molar-refractivity contribution is 0.764. The third-order valence-corrected chi connectivity index (χ3v) is 3.64. The third kappa shape index (κ3) is 2.30. The predicted octanol–water partition coefficient (Wildman–Crippen LogP) is 3.62. The molecule has 0 spiro atoms. The minimum atomic E-state index is 0.550. The van der Waals surface area contributed by atoms with Gasteiger partial charge in [0.2, 0.25) is 0 Å². The van der Waals surface area contributed by atoms with Crippen LogP contribution in [0.4, 0.5) is 0 Å². The normalized spacial score (nSPS) is 11.6. The number of H-pyrrole nitrogens is 1. The highest BCUT2D eigenvalue weighted by atomic mass is 14.8. The number of fused-ring (bicyclic) bond motifs is 1. The van der Waals surface area contributed by atoms with Gasteiger partial charge in [-0.15, -0.1) is 0 Å². The summed E-state index contributed by atoms with van der Waals surface area (Å²) >= 11 is 0. The molecule has 0 aliphatic rings. The van der Waals surface area contributed by atoms with E-state index < -0.39 is 0 Å². The summed E-state index contributed by atoms with van der Waals surface area (Å²) in [6, 6.07) is 6.66. The summed E-state index contributed by atoms with van der Waals surface area (Å²) in [6.07, 6.45) is 2.18. The number of benzene rings is 1. The standard InChI is InChI=1S/C16H24N2/c1-5-12-7-6-8-13-14(9-10-17-4)15(11(2)3)18-16(12)13/h6-8,11,17-18H,5,9-10H2,1-4H3. The molecule has 0 radical (unpaired) electrons. The van der Waals surface area contributed by atoms with Gasteiger partial charge < -0.3 is 10.3 Å². The first-order valence-electron chi connectivity index (χ1n) is 6.96. The molecule has 0 unspecified atom stereocenters. The number of hydrogen-bond acceptors (Lipinski definition) is 1. The van der Waals surface area contributed by atoms with Gasteiger partial charge >= 0.3 is 0 Å². The molecule has 0 atom stereocenters. The molecule has 98 valence electrons. The summed E-state index contributed by atoms with van der Waals surface area (Å²) in [6.45, 7) is 7.78. The molecule has 0 aliphatic carbocycles. The van der Waals surface area contributed by atoms with Gasteiger partial charge in [-0.05, 0) is 43.5 Å². The largest absolute Gasteiger partial charge is 0.358 e. The Morgan fingerprint density at radius 3 is 2.67 bits per heavy atom. The lowest BCUT2D eigenvalue weighted by atomic mass is 10.00. The first kappa shape index (κ1) is 13.2. The molecular formula is C16H24N2. The lowest BCUT2D eigenvalue weighted by Gasteiger charge is -2.07. The monoisotopic (exact) mass is 244 g/mol. The number of para-hydroxylation sites is 1. The summed E-state index contributed by atoms with van der Waals surface area (Å²) in [5.74, 6) is 0.550. The number of aryl methyl sites for hydroxylation is 1. The van der Waals surface area contributed by atoms with E-state index in [2.05, 4.69) is 49.3 Å². The minimum Gasteiger partial charge on any atom is -0.358 e. The first-order valence-corrected chi connectivity index (χ1v) is 6.96. The van der Waals surface area contributed by atoms with E-state index in [1.165, 1.54) is 27.7 Å². The van der Waals surface area contributed by atoms with Crippen molar-refractivity contribution in [3.8, 4) is 0 Å². The average molecular weight is 244 g/mol. The van der Waals surface area contributed by atoms with Gasteiger partial charge in [0.05, 0.1) is 0 Å². The van der Waals surface area contributed by atoms with Gasteiger partial charge in [0.15, 0.2) is 0 Å².